The topological polar surface area (TPSA) is 73.9 Å². The minimum atomic E-state index is -0.451. The number of benzene rings is 2. The van der Waals surface area contributed by atoms with E-state index in [1.807, 2.05) is 6.92 Å². The van der Waals surface area contributed by atoms with E-state index in [0.29, 0.717) is 34.4 Å². The molecule has 0 aliphatic carbocycles. The highest BCUT2D eigenvalue weighted by Crippen LogP contribution is 2.27. The average Bonchev–Trinajstić information content (AvgIpc) is 2.63. The number of hydrogen-bond acceptors (Lipinski definition) is 5. The van der Waals surface area contributed by atoms with Crippen molar-refractivity contribution < 1.29 is 23.8 Å². The van der Waals surface area contributed by atoms with Crippen LogP contribution in [-0.4, -0.2) is 31.7 Å². The molecule has 1 amide bonds. The zero-order valence-corrected chi connectivity index (χ0v) is 15.3. The molecule has 1 N–H and O–H groups in total. The molecule has 2 rings (SSSR count). The Bertz CT molecular complexity index is 778. The van der Waals surface area contributed by atoms with Gasteiger partial charge in [0.2, 0.25) is 0 Å². The van der Waals surface area contributed by atoms with Crippen molar-refractivity contribution in [2.45, 2.75) is 13.8 Å². The molecule has 0 radical (unpaired) electrons. The maximum Gasteiger partial charge on any atom is 0.338 e. The molecule has 0 spiro atoms. The minimum absolute atomic E-state index is 0.213. The third-order valence-corrected chi connectivity index (χ3v) is 3.57. The van der Waals surface area contributed by atoms with Crippen molar-refractivity contribution in [1.29, 1.82) is 0 Å². The molecule has 0 heterocycles. The second-order valence-corrected chi connectivity index (χ2v) is 5.54. The lowest BCUT2D eigenvalue weighted by Gasteiger charge is -2.13. The molecule has 0 bridgehead atoms. The molecule has 0 atom stereocenters. The largest absolute Gasteiger partial charge is 0.492 e. The summed E-state index contributed by atoms with van der Waals surface area (Å²) in [5.74, 6) is -0.0284. The Balaban J connectivity index is 2.06. The second kappa shape index (κ2) is 9.68. The molecule has 0 saturated heterocycles. The first kappa shape index (κ1) is 19.6. The normalized spacial score (nSPS) is 10.1. The third kappa shape index (κ3) is 5.39. The van der Waals surface area contributed by atoms with E-state index >= 15 is 0 Å². The first-order valence-electron chi connectivity index (χ1n) is 8.16. The smallest absolute Gasteiger partial charge is 0.338 e. The van der Waals surface area contributed by atoms with Gasteiger partial charge in [0.1, 0.15) is 11.5 Å². The number of amides is 1. The number of carbonyl (C=O) groups excluding carboxylic acids is 2. The van der Waals surface area contributed by atoms with Gasteiger partial charge in [-0.15, -0.1) is 0 Å². The average molecular weight is 378 g/mol. The van der Waals surface area contributed by atoms with E-state index in [0.717, 1.165) is 0 Å². The summed E-state index contributed by atoms with van der Waals surface area (Å²) in [6.45, 7) is 3.99. The maximum atomic E-state index is 12.1. The summed E-state index contributed by atoms with van der Waals surface area (Å²) < 4.78 is 15.9. The number of rotatable bonds is 8. The highest BCUT2D eigenvalue weighted by molar-refractivity contribution is 6.32. The molecule has 0 aromatic heterocycles. The zero-order valence-electron chi connectivity index (χ0n) is 14.6. The molecule has 7 heteroatoms. The van der Waals surface area contributed by atoms with E-state index in [9.17, 15) is 9.59 Å². The van der Waals surface area contributed by atoms with Gasteiger partial charge >= 0.3 is 5.97 Å². The quantitative estimate of drug-likeness (QED) is 0.705. The van der Waals surface area contributed by atoms with Crippen molar-refractivity contribution in [3.63, 3.8) is 0 Å². The van der Waals surface area contributed by atoms with Crippen LogP contribution < -0.4 is 14.8 Å². The highest BCUT2D eigenvalue weighted by atomic mass is 35.5. The number of hydrogen-bond donors (Lipinski definition) is 1. The van der Waals surface area contributed by atoms with Gasteiger partial charge in [-0.25, -0.2) is 4.79 Å². The van der Waals surface area contributed by atoms with Gasteiger partial charge in [0, 0.05) is 0 Å². The number of halogens is 1. The van der Waals surface area contributed by atoms with Gasteiger partial charge in [0.05, 0.1) is 29.5 Å². The van der Waals surface area contributed by atoms with Crippen molar-refractivity contribution in [1.82, 2.24) is 0 Å². The van der Waals surface area contributed by atoms with E-state index in [1.54, 1.807) is 43.3 Å². The molecule has 26 heavy (non-hydrogen) atoms. The summed E-state index contributed by atoms with van der Waals surface area (Å²) in [6.07, 6.45) is 0. The Morgan fingerprint density at radius 1 is 1.00 bits per heavy atom. The minimum Gasteiger partial charge on any atom is -0.492 e. The summed E-state index contributed by atoms with van der Waals surface area (Å²) in [6, 6.07) is 11.6. The van der Waals surface area contributed by atoms with Crippen LogP contribution >= 0.6 is 11.6 Å². The van der Waals surface area contributed by atoms with Gasteiger partial charge < -0.3 is 19.5 Å². The fraction of sp³-hybridized carbons (Fsp3) is 0.263. The molecular weight excluding hydrogens is 358 g/mol. The van der Waals surface area contributed by atoms with E-state index in [4.69, 9.17) is 25.8 Å². The van der Waals surface area contributed by atoms with Crippen LogP contribution in [0.15, 0.2) is 42.5 Å². The van der Waals surface area contributed by atoms with Crippen LogP contribution in [0.2, 0.25) is 5.02 Å². The molecule has 0 aliphatic rings. The highest BCUT2D eigenvalue weighted by Gasteiger charge is 2.14. The summed E-state index contributed by atoms with van der Waals surface area (Å²) in [7, 11) is 0. The standard InChI is InChI=1S/C19H20ClNO5/c1-3-24-17-11-13(19(23)25-4-2)9-10-15(17)21-18(22)12-26-16-8-6-5-7-14(16)20/h5-11H,3-4,12H2,1-2H3,(H,21,22). The van der Waals surface area contributed by atoms with Crippen LogP contribution in [-0.2, 0) is 9.53 Å². The first-order chi connectivity index (χ1) is 12.5. The predicted molar refractivity (Wildman–Crippen MR) is 99.1 cm³/mol. The first-order valence-corrected chi connectivity index (χ1v) is 8.54. The summed E-state index contributed by atoms with van der Waals surface area (Å²) in [5, 5.41) is 3.12. The molecule has 0 unspecified atom stereocenters. The van der Waals surface area contributed by atoms with Crippen LogP contribution in [0.4, 0.5) is 5.69 Å². The summed E-state index contributed by atoms with van der Waals surface area (Å²) >= 11 is 5.99. The van der Waals surface area contributed by atoms with Gasteiger partial charge in [-0.1, -0.05) is 23.7 Å². The van der Waals surface area contributed by atoms with E-state index in [-0.39, 0.29) is 19.1 Å². The van der Waals surface area contributed by atoms with Crippen LogP contribution in [0.25, 0.3) is 0 Å². The van der Waals surface area contributed by atoms with Crippen molar-refractivity contribution in [2.24, 2.45) is 0 Å². The molecular formula is C19H20ClNO5. The van der Waals surface area contributed by atoms with Crippen LogP contribution in [0, 0.1) is 0 Å². The fourth-order valence-corrected chi connectivity index (χ4v) is 2.32. The number of carbonyl (C=O) groups is 2. The Hall–Kier alpha value is -2.73. The van der Waals surface area contributed by atoms with Gasteiger partial charge in [0.25, 0.3) is 5.91 Å². The lowest BCUT2D eigenvalue weighted by molar-refractivity contribution is -0.118. The molecule has 0 aliphatic heterocycles. The molecule has 2 aromatic carbocycles. The zero-order chi connectivity index (χ0) is 18.9. The molecule has 6 nitrogen and oxygen atoms in total. The Kier molecular flexibility index (Phi) is 7.29. The maximum absolute atomic E-state index is 12.1. The summed E-state index contributed by atoms with van der Waals surface area (Å²) in [4.78, 5) is 24.0. The predicted octanol–water partition coefficient (Wildman–Crippen LogP) is 3.93. The number of para-hydroxylation sites is 1. The van der Waals surface area contributed by atoms with Crippen molar-refractivity contribution in [3.8, 4) is 11.5 Å². The third-order valence-electron chi connectivity index (χ3n) is 3.26. The SMILES string of the molecule is CCOC(=O)c1ccc(NC(=O)COc2ccccc2Cl)c(OCC)c1. The number of ether oxygens (including phenoxy) is 3. The van der Waals surface area contributed by atoms with Crippen LogP contribution in [0.1, 0.15) is 24.2 Å². The van der Waals surface area contributed by atoms with Crippen LogP contribution in [0.3, 0.4) is 0 Å². The molecule has 0 fully saturated rings. The molecule has 2 aromatic rings. The second-order valence-electron chi connectivity index (χ2n) is 5.13. The van der Waals surface area contributed by atoms with Gasteiger partial charge in [-0.2, -0.15) is 0 Å². The Labute approximate surface area is 157 Å². The van der Waals surface area contributed by atoms with E-state index < -0.39 is 5.97 Å². The van der Waals surface area contributed by atoms with Crippen molar-refractivity contribution >= 4 is 29.2 Å². The Morgan fingerprint density at radius 2 is 1.77 bits per heavy atom. The van der Waals surface area contributed by atoms with E-state index in [2.05, 4.69) is 5.32 Å². The van der Waals surface area contributed by atoms with Gasteiger partial charge in [-0.05, 0) is 44.2 Å². The van der Waals surface area contributed by atoms with Crippen molar-refractivity contribution in [2.75, 3.05) is 25.1 Å². The van der Waals surface area contributed by atoms with Crippen molar-refractivity contribution in [3.05, 3.63) is 53.1 Å². The molecule has 138 valence electrons. The number of nitrogens with one attached hydrogen (secondary N) is 1. The number of anilines is 1. The number of esters is 1. The lowest BCUT2D eigenvalue weighted by Crippen LogP contribution is -2.21. The lowest BCUT2D eigenvalue weighted by atomic mass is 10.2. The van der Waals surface area contributed by atoms with Gasteiger partial charge in [0.15, 0.2) is 6.61 Å². The molecule has 0 saturated carbocycles. The summed E-state index contributed by atoms with van der Waals surface area (Å²) in [5.41, 5.74) is 0.785. The Morgan fingerprint density at radius 3 is 2.46 bits per heavy atom. The van der Waals surface area contributed by atoms with Crippen LogP contribution in [0.5, 0.6) is 11.5 Å². The van der Waals surface area contributed by atoms with Gasteiger partial charge in [-0.3, -0.25) is 4.79 Å². The fourth-order valence-electron chi connectivity index (χ4n) is 2.13. The monoisotopic (exact) mass is 377 g/mol. The van der Waals surface area contributed by atoms with E-state index in [1.165, 1.54) is 6.07 Å².